The maximum absolute atomic E-state index is 14.2. The lowest BCUT2D eigenvalue weighted by molar-refractivity contribution is -0.143. The summed E-state index contributed by atoms with van der Waals surface area (Å²) >= 11 is 3.01. The van der Waals surface area contributed by atoms with Crippen LogP contribution in [0.3, 0.4) is 0 Å². The standard InChI is InChI=1S/C34H34N4O4S2/c1-18(2)42-33(40)29-20(4)36-34-38(30(29)22-11-13-24(41-6)14-12-22)31(39)28(44-34)16-23-15-19(3)37(21(23)5)32-26(17-35)25-9-7-8-10-27(25)43-32/h11-16,18,30H,7-10H2,1-6H3. The van der Waals surface area contributed by atoms with Crippen molar-refractivity contribution in [2.24, 2.45) is 4.99 Å². The quantitative estimate of drug-likeness (QED) is 0.267. The summed E-state index contributed by atoms with van der Waals surface area (Å²) in [5.41, 5.74) is 6.22. The van der Waals surface area contributed by atoms with Crippen LogP contribution in [-0.2, 0) is 22.4 Å². The molecule has 0 fully saturated rings. The molecule has 4 aromatic rings. The fourth-order valence-corrected chi connectivity index (χ4v) is 8.66. The van der Waals surface area contributed by atoms with Crippen molar-refractivity contribution >= 4 is 34.7 Å². The Morgan fingerprint density at radius 2 is 1.86 bits per heavy atom. The van der Waals surface area contributed by atoms with E-state index in [-0.39, 0.29) is 11.7 Å². The molecule has 8 nitrogen and oxygen atoms in total. The molecule has 0 saturated heterocycles. The lowest BCUT2D eigenvalue weighted by Gasteiger charge is -2.25. The Bertz CT molecular complexity index is 2050. The maximum atomic E-state index is 14.2. The Balaban J connectivity index is 1.50. The Kier molecular flexibility index (Phi) is 7.95. The molecule has 6 rings (SSSR count). The van der Waals surface area contributed by atoms with Gasteiger partial charge in [0.25, 0.3) is 5.56 Å². The number of aromatic nitrogens is 2. The van der Waals surface area contributed by atoms with Crippen molar-refractivity contribution in [2.75, 3.05) is 7.11 Å². The molecule has 0 N–H and O–H groups in total. The predicted molar refractivity (Wildman–Crippen MR) is 172 cm³/mol. The molecule has 1 aromatic carbocycles. The number of hydrogen-bond acceptors (Lipinski definition) is 8. The minimum absolute atomic E-state index is 0.231. The summed E-state index contributed by atoms with van der Waals surface area (Å²) in [5, 5.41) is 11.1. The smallest absolute Gasteiger partial charge is 0.338 e. The van der Waals surface area contributed by atoms with Gasteiger partial charge in [0.05, 0.1) is 40.6 Å². The first kappa shape index (κ1) is 29.9. The predicted octanol–water partition coefficient (Wildman–Crippen LogP) is 5.41. The number of carbonyl (C=O) groups is 1. The highest BCUT2D eigenvalue weighted by Crippen LogP contribution is 2.38. The van der Waals surface area contributed by atoms with E-state index in [1.165, 1.54) is 21.8 Å². The minimum Gasteiger partial charge on any atom is -0.497 e. The lowest BCUT2D eigenvalue weighted by atomic mass is 9.96. The van der Waals surface area contributed by atoms with E-state index in [9.17, 15) is 14.9 Å². The average molecular weight is 627 g/mol. The maximum Gasteiger partial charge on any atom is 0.338 e. The van der Waals surface area contributed by atoms with Crippen LogP contribution in [0.1, 0.15) is 78.2 Å². The fraction of sp³-hybridized carbons (Fsp3) is 0.353. The number of allylic oxidation sites excluding steroid dienone is 1. The monoisotopic (exact) mass is 626 g/mol. The van der Waals surface area contributed by atoms with Crippen molar-refractivity contribution < 1.29 is 14.3 Å². The number of esters is 1. The van der Waals surface area contributed by atoms with E-state index in [1.54, 1.807) is 43.8 Å². The molecule has 1 aliphatic carbocycles. The molecule has 4 heterocycles. The molecular weight excluding hydrogens is 593 g/mol. The number of thiophene rings is 1. The highest BCUT2D eigenvalue weighted by molar-refractivity contribution is 7.15. The second-order valence-electron chi connectivity index (χ2n) is 11.5. The zero-order chi connectivity index (χ0) is 31.3. The summed E-state index contributed by atoms with van der Waals surface area (Å²) in [6, 6.07) is 11.2. The number of ether oxygens (including phenoxy) is 2. The Labute approximate surface area is 263 Å². The van der Waals surface area contributed by atoms with Crippen molar-refractivity contribution in [3.8, 4) is 16.8 Å². The molecule has 44 heavy (non-hydrogen) atoms. The summed E-state index contributed by atoms with van der Waals surface area (Å²) in [5.74, 6) is 0.182. The van der Waals surface area contributed by atoms with Gasteiger partial charge in [-0.05, 0) is 101 Å². The number of aryl methyl sites for hydroxylation is 2. The Morgan fingerprint density at radius 1 is 1.14 bits per heavy atom. The average Bonchev–Trinajstić information content (AvgIpc) is 3.61. The number of carbonyl (C=O) groups excluding carboxylic acids is 1. The van der Waals surface area contributed by atoms with Gasteiger partial charge in [-0.3, -0.25) is 9.36 Å². The van der Waals surface area contributed by atoms with E-state index in [2.05, 4.69) is 16.7 Å². The number of fused-ring (bicyclic) bond motifs is 2. The van der Waals surface area contributed by atoms with Crippen molar-refractivity contribution in [3.05, 3.63) is 99.8 Å². The van der Waals surface area contributed by atoms with Crippen LogP contribution < -0.4 is 19.6 Å². The van der Waals surface area contributed by atoms with Gasteiger partial charge in [0.2, 0.25) is 0 Å². The Morgan fingerprint density at radius 3 is 2.55 bits per heavy atom. The summed E-state index contributed by atoms with van der Waals surface area (Å²) in [6.07, 6.45) is 5.81. The molecule has 0 amide bonds. The van der Waals surface area contributed by atoms with Gasteiger partial charge in [-0.15, -0.1) is 11.3 Å². The van der Waals surface area contributed by atoms with Crippen LogP contribution in [0.15, 0.2) is 51.4 Å². The highest BCUT2D eigenvalue weighted by Gasteiger charge is 2.34. The van der Waals surface area contributed by atoms with Crippen molar-refractivity contribution in [1.29, 1.82) is 5.26 Å². The molecule has 2 aliphatic rings. The third kappa shape index (κ3) is 5.04. The van der Waals surface area contributed by atoms with Crippen LogP contribution in [0.5, 0.6) is 5.75 Å². The van der Waals surface area contributed by atoms with Gasteiger partial charge >= 0.3 is 5.97 Å². The third-order valence-electron chi connectivity index (χ3n) is 8.24. The number of nitriles is 1. The van der Waals surface area contributed by atoms with E-state index < -0.39 is 12.0 Å². The number of rotatable bonds is 6. The van der Waals surface area contributed by atoms with Crippen LogP contribution >= 0.6 is 22.7 Å². The van der Waals surface area contributed by atoms with E-state index in [0.29, 0.717) is 26.4 Å². The number of benzene rings is 1. The van der Waals surface area contributed by atoms with E-state index in [1.807, 2.05) is 44.2 Å². The van der Waals surface area contributed by atoms with Gasteiger partial charge in [0, 0.05) is 16.3 Å². The number of thiazole rings is 1. The first-order valence-electron chi connectivity index (χ1n) is 14.7. The van der Waals surface area contributed by atoms with E-state index in [0.717, 1.165) is 58.8 Å². The fourth-order valence-electron chi connectivity index (χ4n) is 6.17. The zero-order valence-electron chi connectivity index (χ0n) is 25.7. The molecule has 1 unspecified atom stereocenters. The summed E-state index contributed by atoms with van der Waals surface area (Å²) in [6.45, 7) is 9.44. The topological polar surface area (TPSA) is 98.6 Å². The first-order chi connectivity index (χ1) is 21.1. The molecule has 3 aromatic heterocycles. The lowest BCUT2D eigenvalue weighted by Crippen LogP contribution is -2.40. The number of methoxy groups -OCH3 is 1. The second-order valence-corrected chi connectivity index (χ2v) is 13.6. The molecular formula is C34H34N4O4S2. The molecule has 226 valence electrons. The molecule has 0 spiro atoms. The minimum atomic E-state index is -0.700. The first-order valence-corrected chi connectivity index (χ1v) is 16.4. The molecule has 0 radical (unpaired) electrons. The summed E-state index contributed by atoms with van der Waals surface area (Å²) in [7, 11) is 1.60. The van der Waals surface area contributed by atoms with Gasteiger partial charge in [-0.25, -0.2) is 9.79 Å². The van der Waals surface area contributed by atoms with Gasteiger partial charge in [-0.1, -0.05) is 23.5 Å². The van der Waals surface area contributed by atoms with Gasteiger partial charge in [0.15, 0.2) is 4.80 Å². The summed E-state index contributed by atoms with van der Waals surface area (Å²) in [4.78, 5) is 34.1. The third-order valence-corrected chi connectivity index (χ3v) is 10.5. The van der Waals surface area contributed by atoms with Gasteiger partial charge in [0.1, 0.15) is 16.8 Å². The van der Waals surface area contributed by atoms with Gasteiger partial charge < -0.3 is 14.0 Å². The van der Waals surface area contributed by atoms with Crippen molar-refractivity contribution in [3.63, 3.8) is 0 Å². The van der Waals surface area contributed by atoms with Crippen LogP contribution in [0.4, 0.5) is 0 Å². The van der Waals surface area contributed by atoms with E-state index in [4.69, 9.17) is 14.5 Å². The molecule has 10 heteroatoms. The molecule has 0 saturated carbocycles. The van der Waals surface area contributed by atoms with Crippen molar-refractivity contribution in [2.45, 2.75) is 72.4 Å². The second kappa shape index (κ2) is 11.7. The summed E-state index contributed by atoms with van der Waals surface area (Å²) < 4.78 is 15.2. The highest BCUT2D eigenvalue weighted by atomic mass is 32.1. The normalized spacial score (nSPS) is 16.4. The number of nitrogens with zero attached hydrogens (tertiary/aromatic N) is 4. The number of hydrogen-bond donors (Lipinski definition) is 0. The van der Waals surface area contributed by atoms with Crippen molar-refractivity contribution in [1.82, 2.24) is 9.13 Å². The SMILES string of the molecule is COc1ccc(C2C(C(=O)OC(C)C)=C(C)N=c3sc(=Cc4cc(C)n(-c5sc6c(c5C#N)CCCC6)c4C)c(=O)n32)cc1. The van der Waals surface area contributed by atoms with Gasteiger partial charge in [-0.2, -0.15) is 5.26 Å². The van der Waals surface area contributed by atoms with Crippen LogP contribution in [0.25, 0.3) is 11.1 Å². The largest absolute Gasteiger partial charge is 0.497 e. The van der Waals surface area contributed by atoms with E-state index >= 15 is 0 Å². The Hall–Kier alpha value is -4.20. The van der Waals surface area contributed by atoms with Crippen LogP contribution in [-0.4, -0.2) is 28.3 Å². The molecule has 1 atom stereocenters. The van der Waals surface area contributed by atoms with Crippen LogP contribution in [0, 0.1) is 25.2 Å². The van der Waals surface area contributed by atoms with Crippen LogP contribution in [0.2, 0.25) is 0 Å². The molecule has 1 aliphatic heterocycles. The zero-order valence-corrected chi connectivity index (χ0v) is 27.3. The molecule has 0 bridgehead atoms.